The molecule has 3 rings (SSSR count). The van der Waals surface area contributed by atoms with Gasteiger partial charge in [0.2, 0.25) is 0 Å². The molecule has 1 unspecified atom stereocenters. The third-order valence-corrected chi connectivity index (χ3v) is 4.61. The first kappa shape index (κ1) is 14.1. The number of aliphatic carboxylic acids is 1. The van der Waals surface area contributed by atoms with E-state index in [9.17, 15) is 4.79 Å². The Bertz CT molecular complexity index is 638. The fourth-order valence-electron chi connectivity index (χ4n) is 2.54. The maximum absolute atomic E-state index is 10.7. The number of benzene rings is 1. The summed E-state index contributed by atoms with van der Waals surface area (Å²) in [7, 11) is 0. The highest BCUT2D eigenvalue weighted by molar-refractivity contribution is 7.12. The lowest BCUT2D eigenvalue weighted by molar-refractivity contribution is -0.136. The SMILES string of the molecule is O=C(O)Cc1ccc(CNC2CCOc3ccccc32)s1. The smallest absolute Gasteiger partial charge is 0.308 e. The minimum atomic E-state index is -0.783. The highest BCUT2D eigenvalue weighted by atomic mass is 32.1. The van der Waals surface area contributed by atoms with E-state index in [1.807, 2.05) is 30.3 Å². The van der Waals surface area contributed by atoms with Gasteiger partial charge < -0.3 is 15.2 Å². The maximum Gasteiger partial charge on any atom is 0.308 e. The first-order valence-corrected chi connectivity index (χ1v) is 7.78. The normalized spacial score (nSPS) is 17.0. The highest BCUT2D eigenvalue weighted by Gasteiger charge is 2.20. The van der Waals surface area contributed by atoms with E-state index in [0.29, 0.717) is 6.04 Å². The summed E-state index contributed by atoms with van der Waals surface area (Å²) in [5, 5.41) is 12.3. The Balaban J connectivity index is 1.63. The molecule has 1 aliphatic rings. The summed E-state index contributed by atoms with van der Waals surface area (Å²) < 4.78 is 5.65. The van der Waals surface area contributed by atoms with Crippen LogP contribution in [0.15, 0.2) is 36.4 Å². The molecule has 5 heteroatoms. The number of carboxylic acid groups (broad SMARTS) is 1. The van der Waals surface area contributed by atoms with Crippen LogP contribution in [0, 0.1) is 0 Å². The standard InChI is InChI=1S/C16H17NO3S/c18-16(19)9-11-5-6-12(21-11)10-17-14-7-8-20-15-4-2-1-3-13(14)15/h1-6,14,17H,7-10H2,(H,18,19). The molecule has 2 heterocycles. The molecule has 0 bridgehead atoms. The van der Waals surface area contributed by atoms with E-state index in [4.69, 9.17) is 9.84 Å². The molecule has 4 nitrogen and oxygen atoms in total. The van der Waals surface area contributed by atoms with Crippen molar-refractivity contribution in [2.24, 2.45) is 0 Å². The van der Waals surface area contributed by atoms with Gasteiger partial charge in [-0.3, -0.25) is 4.79 Å². The Morgan fingerprint density at radius 1 is 1.29 bits per heavy atom. The van der Waals surface area contributed by atoms with Crippen LogP contribution in [-0.4, -0.2) is 17.7 Å². The minimum Gasteiger partial charge on any atom is -0.493 e. The minimum absolute atomic E-state index is 0.102. The van der Waals surface area contributed by atoms with Gasteiger partial charge in [0, 0.05) is 34.3 Å². The van der Waals surface area contributed by atoms with Crippen molar-refractivity contribution >= 4 is 17.3 Å². The van der Waals surface area contributed by atoms with Crippen molar-refractivity contribution in [2.75, 3.05) is 6.61 Å². The third kappa shape index (κ3) is 3.43. The number of hydrogen-bond acceptors (Lipinski definition) is 4. The van der Waals surface area contributed by atoms with Crippen LogP contribution in [0.3, 0.4) is 0 Å². The van der Waals surface area contributed by atoms with E-state index < -0.39 is 5.97 Å². The van der Waals surface area contributed by atoms with Gasteiger partial charge >= 0.3 is 5.97 Å². The summed E-state index contributed by atoms with van der Waals surface area (Å²) in [6.07, 6.45) is 1.05. The number of carboxylic acids is 1. The van der Waals surface area contributed by atoms with Gasteiger partial charge in [0.25, 0.3) is 0 Å². The Kier molecular flexibility index (Phi) is 4.22. The average Bonchev–Trinajstić information content (AvgIpc) is 2.92. The van der Waals surface area contributed by atoms with Crippen LogP contribution in [0.1, 0.15) is 27.8 Å². The molecule has 0 saturated carbocycles. The molecule has 2 N–H and O–H groups in total. The summed E-state index contributed by atoms with van der Waals surface area (Å²) in [6, 6.07) is 12.3. The molecular weight excluding hydrogens is 286 g/mol. The van der Waals surface area contributed by atoms with E-state index in [-0.39, 0.29) is 6.42 Å². The van der Waals surface area contributed by atoms with Crippen molar-refractivity contribution in [3.05, 3.63) is 51.7 Å². The molecular formula is C16H17NO3S. The number of thiophene rings is 1. The first-order valence-electron chi connectivity index (χ1n) is 6.97. The van der Waals surface area contributed by atoms with Crippen LogP contribution in [0.2, 0.25) is 0 Å². The lowest BCUT2D eigenvalue weighted by Crippen LogP contribution is -2.26. The van der Waals surface area contributed by atoms with E-state index in [2.05, 4.69) is 11.4 Å². The summed E-state index contributed by atoms with van der Waals surface area (Å²) in [5.74, 6) is 0.175. The van der Waals surface area contributed by atoms with Crippen molar-refractivity contribution in [3.63, 3.8) is 0 Å². The zero-order valence-electron chi connectivity index (χ0n) is 11.5. The van der Waals surface area contributed by atoms with Crippen LogP contribution in [-0.2, 0) is 17.8 Å². The molecule has 0 radical (unpaired) electrons. The predicted octanol–water partition coefficient (Wildman–Crippen LogP) is 2.99. The third-order valence-electron chi connectivity index (χ3n) is 3.52. The van der Waals surface area contributed by atoms with Crippen LogP contribution in [0.5, 0.6) is 5.75 Å². The number of ether oxygens (including phenoxy) is 1. The van der Waals surface area contributed by atoms with Gasteiger partial charge in [0.05, 0.1) is 13.0 Å². The molecule has 2 aromatic rings. The zero-order valence-corrected chi connectivity index (χ0v) is 12.4. The van der Waals surface area contributed by atoms with Gasteiger partial charge in [-0.25, -0.2) is 0 Å². The lowest BCUT2D eigenvalue weighted by Gasteiger charge is -2.26. The summed E-state index contributed by atoms with van der Waals surface area (Å²) in [5.41, 5.74) is 1.20. The van der Waals surface area contributed by atoms with Gasteiger partial charge in [0.1, 0.15) is 5.75 Å². The fourth-order valence-corrected chi connectivity index (χ4v) is 3.50. The van der Waals surface area contributed by atoms with E-state index >= 15 is 0 Å². The number of nitrogens with one attached hydrogen (secondary N) is 1. The Morgan fingerprint density at radius 2 is 2.10 bits per heavy atom. The lowest BCUT2D eigenvalue weighted by atomic mass is 10.0. The second-order valence-corrected chi connectivity index (χ2v) is 6.30. The van der Waals surface area contributed by atoms with Gasteiger partial charge in [-0.15, -0.1) is 11.3 Å². The van der Waals surface area contributed by atoms with Crippen LogP contribution >= 0.6 is 11.3 Å². The monoisotopic (exact) mass is 303 g/mol. The Morgan fingerprint density at radius 3 is 2.95 bits per heavy atom. The molecule has 0 saturated heterocycles. The summed E-state index contributed by atoms with van der Waals surface area (Å²) in [6.45, 7) is 1.48. The number of para-hydroxylation sites is 1. The van der Waals surface area contributed by atoms with Gasteiger partial charge in [-0.05, 0) is 18.2 Å². The molecule has 1 aromatic heterocycles. The Labute approximate surface area is 127 Å². The van der Waals surface area contributed by atoms with E-state index in [1.165, 1.54) is 5.56 Å². The van der Waals surface area contributed by atoms with Crippen molar-refractivity contribution < 1.29 is 14.6 Å². The molecule has 1 atom stereocenters. The average molecular weight is 303 g/mol. The van der Waals surface area contributed by atoms with Crippen LogP contribution in [0.25, 0.3) is 0 Å². The number of hydrogen-bond donors (Lipinski definition) is 2. The van der Waals surface area contributed by atoms with Crippen molar-refractivity contribution in [2.45, 2.75) is 25.4 Å². The van der Waals surface area contributed by atoms with Crippen molar-refractivity contribution in [3.8, 4) is 5.75 Å². The molecule has 0 amide bonds. The Hall–Kier alpha value is -1.85. The number of fused-ring (bicyclic) bond motifs is 1. The van der Waals surface area contributed by atoms with Gasteiger partial charge in [0.15, 0.2) is 0 Å². The largest absolute Gasteiger partial charge is 0.493 e. The fraction of sp³-hybridized carbons (Fsp3) is 0.312. The predicted molar refractivity (Wildman–Crippen MR) is 81.8 cm³/mol. The second-order valence-electron chi connectivity index (χ2n) is 5.05. The van der Waals surface area contributed by atoms with Gasteiger partial charge in [-0.1, -0.05) is 18.2 Å². The van der Waals surface area contributed by atoms with E-state index in [1.54, 1.807) is 11.3 Å². The maximum atomic E-state index is 10.7. The molecule has 21 heavy (non-hydrogen) atoms. The first-order chi connectivity index (χ1) is 10.2. The molecule has 0 fully saturated rings. The molecule has 0 aliphatic carbocycles. The zero-order chi connectivity index (χ0) is 14.7. The van der Waals surface area contributed by atoms with E-state index in [0.717, 1.165) is 35.1 Å². The molecule has 1 aromatic carbocycles. The molecule has 1 aliphatic heterocycles. The van der Waals surface area contributed by atoms with Crippen molar-refractivity contribution in [1.29, 1.82) is 0 Å². The molecule has 110 valence electrons. The number of rotatable bonds is 5. The quantitative estimate of drug-likeness (QED) is 0.891. The topological polar surface area (TPSA) is 58.6 Å². The van der Waals surface area contributed by atoms with Gasteiger partial charge in [-0.2, -0.15) is 0 Å². The summed E-state index contributed by atoms with van der Waals surface area (Å²) in [4.78, 5) is 12.8. The van der Waals surface area contributed by atoms with Crippen molar-refractivity contribution in [1.82, 2.24) is 5.32 Å². The summed E-state index contributed by atoms with van der Waals surface area (Å²) >= 11 is 1.56. The number of carbonyl (C=O) groups is 1. The van der Waals surface area contributed by atoms with Crippen LogP contribution in [0.4, 0.5) is 0 Å². The van der Waals surface area contributed by atoms with Crippen LogP contribution < -0.4 is 10.1 Å². The molecule has 0 spiro atoms. The second kappa shape index (κ2) is 6.28. The highest BCUT2D eigenvalue weighted by Crippen LogP contribution is 2.32.